The van der Waals surface area contributed by atoms with Crippen molar-refractivity contribution >= 4 is 26.5 Å². The Balaban J connectivity index is 2.75. The highest BCUT2D eigenvalue weighted by molar-refractivity contribution is 7.89. The normalized spacial score (nSPS) is 15.2. The molecular weight excluding hydrogens is 284 g/mol. The van der Waals surface area contributed by atoms with Crippen LogP contribution in [0.25, 0.3) is 0 Å². The van der Waals surface area contributed by atoms with Gasteiger partial charge in [-0.25, -0.2) is 12.7 Å². The molecule has 5 nitrogen and oxygen atoms in total. The van der Waals surface area contributed by atoms with Gasteiger partial charge in [-0.05, 0) is 31.2 Å². The van der Waals surface area contributed by atoms with Crippen molar-refractivity contribution in [3.8, 4) is 0 Å². The zero-order valence-corrected chi connectivity index (χ0v) is 13.2. The summed E-state index contributed by atoms with van der Waals surface area (Å²) in [7, 11) is -1.26. The highest BCUT2D eigenvalue weighted by Crippen LogP contribution is 2.16. The van der Waals surface area contributed by atoms with E-state index in [1.54, 1.807) is 30.5 Å². The van der Waals surface area contributed by atoms with E-state index in [1.165, 1.54) is 18.4 Å². The number of rotatable bonds is 6. The molecule has 0 bridgehead atoms. The highest BCUT2D eigenvalue weighted by atomic mass is 32.2. The summed E-state index contributed by atoms with van der Waals surface area (Å²) in [5.41, 5.74) is 0.815. The molecule has 0 amide bonds. The lowest BCUT2D eigenvalue weighted by Crippen LogP contribution is -2.22. The Kier molecular flexibility index (Phi) is 5.51. The van der Waals surface area contributed by atoms with Crippen LogP contribution in [-0.4, -0.2) is 49.1 Å². The molecule has 2 atom stereocenters. The number of nitrogens with one attached hydrogen (secondary N) is 1. The van der Waals surface area contributed by atoms with Crippen LogP contribution in [0, 0.1) is 0 Å². The van der Waals surface area contributed by atoms with E-state index in [-0.39, 0.29) is 10.1 Å². The minimum absolute atomic E-state index is 0.0465. The first-order valence-corrected chi connectivity index (χ1v) is 8.90. The number of anilines is 1. The standard InChI is InChI=1S/C12H20N2O3S2/c1-10(18(4)15)9-13-11-5-7-12(8-6-11)19(16,17)14(2)3/h5-8,10,13H,9H2,1-4H3. The van der Waals surface area contributed by atoms with Crippen LogP contribution in [0.15, 0.2) is 29.2 Å². The van der Waals surface area contributed by atoms with E-state index in [9.17, 15) is 12.6 Å². The van der Waals surface area contributed by atoms with Gasteiger partial charge in [0, 0.05) is 48.6 Å². The molecule has 7 heteroatoms. The molecule has 0 saturated heterocycles. The number of sulfonamides is 1. The van der Waals surface area contributed by atoms with Crippen molar-refractivity contribution in [1.82, 2.24) is 4.31 Å². The summed E-state index contributed by atoms with van der Waals surface area (Å²) in [6, 6.07) is 6.54. The first-order chi connectivity index (χ1) is 8.75. The Morgan fingerprint density at radius 1 is 1.26 bits per heavy atom. The second-order valence-corrected chi connectivity index (χ2v) is 8.46. The fourth-order valence-corrected chi connectivity index (χ4v) is 2.55. The van der Waals surface area contributed by atoms with Gasteiger partial charge in [0.25, 0.3) is 0 Å². The summed E-state index contributed by atoms with van der Waals surface area (Å²) in [6.07, 6.45) is 1.67. The van der Waals surface area contributed by atoms with Gasteiger partial charge in [-0.3, -0.25) is 4.21 Å². The smallest absolute Gasteiger partial charge is 0.242 e. The Morgan fingerprint density at radius 2 is 1.79 bits per heavy atom. The summed E-state index contributed by atoms with van der Waals surface area (Å²) in [5.74, 6) is 0. The quantitative estimate of drug-likeness (QED) is 0.855. The monoisotopic (exact) mass is 304 g/mol. The molecule has 0 aliphatic rings. The molecule has 0 heterocycles. The second kappa shape index (κ2) is 6.49. The summed E-state index contributed by atoms with van der Waals surface area (Å²) in [4.78, 5) is 0.259. The molecule has 0 aliphatic carbocycles. The minimum Gasteiger partial charge on any atom is -0.384 e. The van der Waals surface area contributed by atoms with Crippen molar-refractivity contribution < 1.29 is 12.6 Å². The number of benzene rings is 1. The van der Waals surface area contributed by atoms with Gasteiger partial charge in [-0.2, -0.15) is 0 Å². The average molecular weight is 304 g/mol. The molecule has 0 aliphatic heterocycles. The largest absolute Gasteiger partial charge is 0.384 e. The Labute approximate surface area is 117 Å². The van der Waals surface area contributed by atoms with E-state index in [1.807, 2.05) is 6.92 Å². The van der Waals surface area contributed by atoms with Gasteiger partial charge in [0.2, 0.25) is 10.0 Å². The third-order valence-corrected chi connectivity index (χ3v) is 5.92. The molecule has 108 valence electrons. The van der Waals surface area contributed by atoms with Gasteiger partial charge in [-0.1, -0.05) is 0 Å². The summed E-state index contributed by atoms with van der Waals surface area (Å²) < 4.78 is 36.1. The maximum atomic E-state index is 11.9. The van der Waals surface area contributed by atoms with Crippen molar-refractivity contribution in [1.29, 1.82) is 0 Å². The Morgan fingerprint density at radius 3 is 2.21 bits per heavy atom. The van der Waals surface area contributed by atoms with Crippen LogP contribution in [0.4, 0.5) is 5.69 Å². The van der Waals surface area contributed by atoms with E-state index >= 15 is 0 Å². The molecule has 0 fully saturated rings. The molecule has 1 aromatic rings. The fraction of sp³-hybridized carbons (Fsp3) is 0.500. The zero-order chi connectivity index (χ0) is 14.6. The van der Waals surface area contributed by atoms with E-state index in [2.05, 4.69) is 5.32 Å². The molecular formula is C12H20N2O3S2. The number of hydrogen-bond donors (Lipinski definition) is 1. The van der Waals surface area contributed by atoms with E-state index in [0.29, 0.717) is 6.54 Å². The van der Waals surface area contributed by atoms with Crippen molar-refractivity contribution in [3.63, 3.8) is 0 Å². The maximum absolute atomic E-state index is 11.9. The summed E-state index contributed by atoms with van der Waals surface area (Å²) >= 11 is 0. The highest BCUT2D eigenvalue weighted by Gasteiger charge is 2.16. The van der Waals surface area contributed by atoms with Crippen LogP contribution in [0.1, 0.15) is 6.92 Å². The summed E-state index contributed by atoms with van der Waals surface area (Å²) in [5, 5.41) is 3.18. The Hall–Kier alpha value is -0.920. The lowest BCUT2D eigenvalue weighted by Gasteiger charge is -2.13. The SMILES string of the molecule is CC(CNc1ccc(S(=O)(=O)N(C)C)cc1)S(C)=O. The fourth-order valence-electron chi connectivity index (χ4n) is 1.33. The van der Waals surface area contributed by atoms with Gasteiger partial charge in [0.05, 0.1) is 4.90 Å². The van der Waals surface area contributed by atoms with Crippen molar-refractivity contribution in [2.24, 2.45) is 0 Å². The topological polar surface area (TPSA) is 66.5 Å². The van der Waals surface area contributed by atoms with Crippen LogP contribution < -0.4 is 5.32 Å². The van der Waals surface area contributed by atoms with Gasteiger partial charge >= 0.3 is 0 Å². The lowest BCUT2D eigenvalue weighted by molar-refractivity contribution is 0.521. The van der Waals surface area contributed by atoms with Crippen LogP contribution >= 0.6 is 0 Å². The number of hydrogen-bond acceptors (Lipinski definition) is 4. The van der Waals surface area contributed by atoms with Gasteiger partial charge in [0.1, 0.15) is 0 Å². The number of nitrogens with zero attached hydrogens (tertiary/aromatic N) is 1. The first-order valence-electron chi connectivity index (χ1n) is 5.84. The molecule has 0 spiro atoms. The first kappa shape index (κ1) is 16.1. The van der Waals surface area contributed by atoms with E-state index in [4.69, 9.17) is 0 Å². The van der Waals surface area contributed by atoms with Crippen LogP contribution in [0.3, 0.4) is 0 Å². The third kappa shape index (κ3) is 4.29. The van der Waals surface area contributed by atoms with Crippen molar-refractivity contribution in [3.05, 3.63) is 24.3 Å². The van der Waals surface area contributed by atoms with Gasteiger partial charge in [0.15, 0.2) is 0 Å². The molecule has 19 heavy (non-hydrogen) atoms. The van der Waals surface area contributed by atoms with Crippen molar-refractivity contribution in [2.45, 2.75) is 17.1 Å². The minimum atomic E-state index is -3.38. The van der Waals surface area contributed by atoms with E-state index < -0.39 is 20.8 Å². The third-order valence-electron chi connectivity index (χ3n) is 2.79. The zero-order valence-electron chi connectivity index (χ0n) is 11.6. The molecule has 0 radical (unpaired) electrons. The molecule has 0 saturated carbocycles. The van der Waals surface area contributed by atoms with E-state index in [0.717, 1.165) is 5.69 Å². The predicted molar refractivity (Wildman–Crippen MR) is 79.3 cm³/mol. The molecule has 1 rings (SSSR count). The van der Waals surface area contributed by atoms with Crippen molar-refractivity contribution in [2.75, 3.05) is 32.2 Å². The molecule has 2 unspecified atom stereocenters. The lowest BCUT2D eigenvalue weighted by atomic mass is 10.3. The van der Waals surface area contributed by atoms with Gasteiger partial charge < -0.3 is 5.32 Å². The molecule has 1 aromatic carbocycles. The molecule has 1 N–H and O–H groups in total. The maximum Gasteiger partial charge on any atom is 0.242 e. The van der Waals surface area contributed by atoms with Crippen LogP contribution in [-0.2, 0) is 20.8 Å². The average Bonchev–Trinajstić information content (AvgIpc) is 2.36. The predicted octanol–water partition coefficient (Wildman–Crippen LogP) is 1.12. The summed E-state index contributed by atoms with van der Waals surface area (Å²) in [6.45, 7) is 2.48. The van der Waals surface area contributed by atoms with Crippen LogP contribution in [0.5, 0.6) is 0 Å². The molecule has 0 aromatic heterocycles. The second-order valence-electron chi connectivity index (χ2n) is 4.50. The van der Waals surface area contributed by atoms with Crippen LogP contribution in [0.2, 0.25) is 0 Å². The Bertz CT molecular complexity index is 539. The van der Waals surface area contributed by atoms with Gasteiger partial charge in [-0.15, -0.1) is 0 Å².